The van der Waals surface area contributed by atoms with Gasteiger partial charge in [-0.1, -0.05) is 0 Å². The number of nitrogens with zero attached hydrogens (tertiary/aromatic N) is 1. The predicted molar refractivity (Wildman–Crippen MR) is 68.7 cm³/mol. The zero-order valence-electron chi connectivity index (χ0n) is 11.1. The summed E-state index contributed by atoms with van der Waals surface area (Å²) in [4.78, 5) is 11.0. The molecule has 0 spiro atoms. The van der Waals surface area contributed by atoms with Gasteiger partial charge < -0.3 is 10.2 Å². The van der Waals surface area contributed by atoms with Gasteiger partial charge in [0.25, 0.3) is 0 Å². The number of allylic oxidation sites excluding steroid dienone is 2. The van der Waals surface area contributed by atoms with Gasteiger partial charge in [0.05, 0.1) is 12.3 Å². The van der Waals surface area contributed by atoms with Crippen molar-refractivity contribution in [1.29, 1.82) is 0 Å². The van der Waals surface area contributed by atoms with Crippen molar-refractivity contribution >= 4 is 6.09 Å². The molecule has 1 fully saturated rings. The Balaban J connectivity index is 1.54. The van der Waals surface area contributed by atoms with Crippen LogP contribution in [0.1, 0.15) is 25.7 Å². The minimum atomic E-state index is -0.537. The number of fused-ring (bicyclic) bond motifs is 1. The third-order valence-corrected chi connectivity index (χ3v) is 4.60. The van der Waals surface area contributed by atoms with Crippen LogP contribution in [0.4, 0.5) is 4.79 Å². The normalized spacial score (nSPS) is 32.7. The molecule has 1 amide bonds. The fourth-order valence-electron chi connectivity index (χ4n) is 3.47. The zero-order valence-corrected chi connectivity index (χ0v) is 11.1. The summed E-state index contributed by atoms with van der Waals surface area (Å²) < 4.78 is 5.08. The van der Waals surface area contributed by atoms with E-state index in [2.05, 4.69) is 16.0 Å². The van der Waals surface area contributed by atoms with Crippen molar-refractivity contribution in [1.82, 2.24) is 21.4 Å². The molecule has 3 atom stereocenters. The number of carbonyl (C=O) groups is 1. The molecule has 0 aromatic carbocycles. The standard InChI is InChI=1S/C12H21N5O2/c1-17-11-5-3-8-7(2-4-10(11)15-16-17)9(8)6-19-12(18)14-13/h7-9,15-16H,2-6,13H2,1H3,(H,14,18). The number of amides is 1. The Labute approximate surface area is 112 Å². The maximum absolute atomic E-state index is 11.0. The molecule has 7 heteroatoms. The minimum absolute atomic E-state index is 0.491. The first-order valence-corrected chi connectivity index (χ1v) is 6.81. The first-order chi connectivity index (χ1) is 9.20. The van der Waals surface area contributed by atoms with Crippen molar-refractivity contribution < 1.29 is 9.53 Å². The van der Waals surface area contributed by atoms with E-state index in [4.69, 9.17) is 10.6 Å². The molecule has 106 valence electrons. The molecule has 3 aliphatic rings. The molecule has 5 N–H and O–H groups in total. The number of ether oxygens (including phenoxy) is 1. The van der Waals surface area contributed by atoms with Crippen molar-refractivity contribution in [3.8, 4) is 0 Å². The number of carbonyl (C=O) groups excluding carboxylic acids is 1. The predicted octanol–water partition coefficient (Wildman–Crippen LogP) is 0.189. The number of nitrogens with one attached hydrogen (secondary N) is 3. The van der Waals surface area contributed by atoms with Crippen LogP contribution in [-0.2, 0) is 4.74 Å². The van der Waals surface area contributed by atoms with Crippen molar-refractivity contribution in [2.24, 2.45) is 23.6 Å². The Morgan fingerprint density at radius 3 is 2.95 bits per heavy atom. The van der Waals surface area contributed by atoms with Crippen LogP contribution in [0.5, 0.6) is 0 Å². The lowest BCUT2D eigenvalue weighted by molar-refractivity contribution is 0.137. The van der Waals surface area contributed by atoms with Crippen LogP contribution >= 0.6 is 0 Å². The molecule has 1 heterocycles. The van der Waals surface area contributed by atoms with Gasteiger partial charge in [0.1, 0.15) is 0 Å². The quantitative estimate of drug-likeness (QED) is 0.324. The van der Waals surface area contributed by atoms with Crippen LogP contribution in [-0.4, -0.2) is 24.8 Å². The summed E-state index contributed by atoms with van der Waals surface area (Å²) in [5.74, 6) is 6.89. The van der Waals surface area contributed by atoms with Crippen LogP contribution in [0.2, 0.25) is 0 Å². The summed E-state index contributed by atoms with van der Waals surface area (Å²) in [6.07, 6.45) is 3.92. The molecule has 3 unspecified atom stereocenters. The van der Waals surface area contributed by atoms with Gasteiger partial charge in [-0.05, 0) is 43.4 Å². The number of rotatable bonds is 2. The van der Waals surface area contributed by atoms with Gasteiger partial charge in [-0.2, -0.15) is 0 Å². The topological polar surface area (TPSA) is 91.6 Å². The second-order valence-electron chi connectivity index (χ2n) is 5.53. The summed E-state index contributed by atoms with van der Waals surface area (Å²) in [5.41, 5.74) is 11.0. The van der Waals surface area contributed by atoms with E-state index in [1.807, 2.05) is 12.5 Å². The molecular weight excluding hydrogens is 246 g/mol. The van der Waals surface area contributed by atoms with E-state index in [0.717, 1.165) is 25.7 Å². The van der Waals surface area contributed by atoms with E-state index in [1.165, 1.54) is 11.4 Å². The largest absolute Gasteiger partial charge is 0.448 e. The van der Waals surface area contributed by atoms with Crippen LogP contribution in [0.25, 0.3) is 0 Å². The molecule has 0 radical (unpaired) electrons. The molecule has 2 aliphatic carbocycles. The van der Waals surface area contributed by atoms with Crippen LogP contribution < -0.4 is 22.2 Å². The van der Waals surface area contributed by atoms with E-state index < -0.39 is 6.09 Å². The Morgan fingerprint density at radius 2 is 2.21 bits per heavy atom. The first-order valence-electron chi connectivity index (χ1n) is 6.81. The molecule has 0 aromatic heterocycles. The van der Waals surface area contributed by atoms with Crippen molar-refractivity contribution in [3.63, 3.8) is 0 Å². The molecule has 0 saturated heterocycles. The average Bonchev–Trinajstić information content (AvgIpc) is 2.93. The molecular formula is C12H21N5O2. The van der Waals surface area contributed by atoms with Gasteiger partial charge >= 0.3 is 6.09 Å². The third-order valence-electron chi connectivity index (χ3n) is 4.60. The molecule has 0 bridgehead atoms. The number of nitrogens with two attached hydrogens (primary N) is 1. The molecule has 7 nitrogen and oxygen atoms in total. The first kappa shape index (κ1) is 12.6. The van der Waals surface area contributed by atoms with E-state index in [1.54, 1.807) is 0 Å². The molecule has 0 aromatic rings. The Morgan fingerprint density at radius 1 is 1.47 bits per heavy atom. The lowest BCUT2D eigenvalue weighted by Gasteiger charge is -2.15. The summed E-state index contributed by atoms with van der Waals surface area (Å²) in [6, 6.07) is 0. The second kappa shape index (κ2) is 4.90. The Hall–Kier alpha value is -1.47. The van der Waals surface area contributed by atoms with E-state index in [9.17, 15) is 4.79 Å². The highest BCUT2D eigenvalue weighted by molar-refractivity contribution is 5.66. The van der Waals surface area contributed by atoms with E-state index in [0.29, 0.717) is 24.4 Å². The Bertz CT molecular complexity index is 411. The van der Waals surface area contributed by atoms with Gasteiger partial charge in [-0.25, -0.2) is 10.6 Å². The smallest absolute Gasteiger partial charge is 0.421 e. The van der Waals surface area contributed by atoms with Crippen molar-refractivity contribution in [2.45, 2.75) is 25.7 Å². The lowest BCUT2D eigenvalue weighted by Crippen LogP contribution is -2.34. The lowest BCUT2D eigenvalue weighted by atomic mass is 10.0. The van der Waals surface area contributed by atoms with Gasteiger partial charge in [0.2, 0.25) is 0 Å². The zero-order chi connectivity index (χ0) is 13.4. The van der Waals surface area contributed by atoms with Gasteiger partial charge in [0.15, 0.2) is 0 Å². The van der Waals surface area contributed by atoms with E-state index in [-0.39, 0.29) is 0 Å². The Kier molecular flexibility index (Phi) is 3.24. The monoisotopic (exact) mass is 267 g/mol. The summed E-state index contributed by atoms with van der Waals surface area (Å²) in [5, 5.41) is 2.06. The molecule has 1 aliphatic heterocycles. The highest BCUT2D eigenvalue weighted by Crippen LogP contribution is 2.54. The third kappa shape index (κ3) is 2.35. The average molecular weight is 267 g/mol. The molecule has 1 saturated carbocycles. The van der Waals surface area contributed by atoms with Gasteiger partial charge in [-0.3, -0.25) is 10.4 Å². The number of hydrazine groups is 3. The highest BCUT2D eigenvalue weighted by atomic mass is 16.6. The van der Waals surface area contributed by atoms with Crippen LogP contribution in [0, 0.1) is 17.8 Å². The van der Waals surface area contributed by atoms with Crippen LogP contribution in [0.15, 0.2) is 11.4 Å². The van der Waals surface area contributed by atoms with Gasteiger partial charge in [-0.15, -0.1) is 5.53 Å². The number of hydrogen-bond donors (Lipinski definition) is 4. The van der Waals surface area contributed by atoms with Crippen molar-refractivity contribution in [2.75, 3.05) is 13.7 Å². The molecule has 3 rings (SSSR count). The second-order valence-corrected chi connectivity index (χ2v) is 5.53. The van der Waals surface area contributed by atoms with Gasteiger partial charge in [0, 0.05) is 12.7 Å². The minimum Gasteiger partial charge on any atom is -0.448 e. The SMILES string of the molecule is CN1NNC2=C1CCC1C(CC2)C1COC(=O)NN. The molecule has 19 heavy (non-hydrogen) atoms. The highest BCUT2D eigenvalue weighted by Gasteiger charge is 2.50. The summed E-state index contributed by atoms with van der Waals surface area (Å²) in [6.45, 7) is 0.491. The fraction of sp³-hybridized carbons (Fsp3) is 0.750. The summed E-state index contributed by atoms with van der Waals surface area (Å²) >= 11 is 0. The maximum Gasteiger partial charge on any atom is 0.421 e. The van der Waals surface area contributed by atoms with Crippen LogP contribution in [0.3, 0.4) is 0 Å². The maximum atomic E-state index is 11.0. The van der Waals surface area contributed by atoms with E-state index >= 15 is 0 Å². The van der Waals surface area contributed by atoms with Crippen molar-refractivity contribution in [3.05, 3.63) is 11.4 Å². The summed E-state index contributed by atoms with van der Waals surface area (Å²) in [7, 11) is 2.04. The number of hydrogen-bond acceptors (Lipinski definition) is 6. The fourth-order valence-corrected chi connectivity index (χ4v) is 3.47.